The molecule has 1 fully saturated rings. The summed E-state index contributed by atoms with van der Waals surface area (Å²) in [7, 11) is 1.65. The molecule has 28 heavy (non-hydrogen) atoms. The summed E-state index contributed by atoms with van der Waals surface area (Å²) in [4.78, 5) is 14.9. The smallest absolute Gasteiger partial charge is 0.224 e. The zero-order chi connectivity index (χ0) is 19.9. The van der Waals surface area contributed by atoms with Crippen LogP contribution in [0.1, 0.15) is 49.7 Å². The molecule has 3 rings (SSSR count). The molecule has 1 atom stereocenters. The lowest BCUT2D eigenvalue weighted by atomic mass is 9.93. The Morgan fingerprint density at radius 2 is 2.11 bits per heavy atom. The lowest BCUT2D eigenvalue weighted by Crippen LogP contribution is -2.35. The number of methoxy groups -OCH3 is 1. The third-order valence-electron chi connectivity index (χ3n) is 5.54. The Balaban J connectivity index is 1.45. The number of hydrogen-bond acceptors (Lipinski definition) is 4. The van der Waals surface area contributed by atoms with Crippen LogP contribution in [-0.4, -0.2) is 31.0 Å². The van der Waals surface area contributed by atoms with E-state index in [4.69, 9.17) is 9.15 Å². The van der Waals surface area contributed by atoms with Gasteiger partial charge in [-0.25, -0.2) is 0 Å². The third kappa shape index (κ3) is 5.61. The van der Waals surface area contributed by atoms with Crippen molar-refractivity contribution in [1.82, 2.24) is 4.90 Å². The summed E-state index contributed by atoms with van der Waals surface area (Å²) in [6.45, 7) is 7.11. The first-order valence-electron chi connectivity index (χ1n) is 10.3. The SMILES string of the molecule is CCc1ccc(CN2CCCC(CCC(=O)Nc3ccc(OC)cc3C)C2)o1. The van der Waals surface area contributed by atoms with E-state index >= 15 is 0 Å². The minimum Gasteiger partial charge on any atom is -0.497 e. The molecular formula is C23H32N2O3. The average molecular weight is 385 g/mol. The Morgan fingerprint density at radius 1 is 1.29 bits per heavy atom. The highest BCUT2D eigenvalue weighted by atomic mass is 16.5. The summed E-state index contributed by atoms with van der Waals surface area (Å²) in [5.74, 6) is 3.56. The molecule has 5 heteroatoms. The number of likely N-dealkylation sites (tertiary alicyclic amines) is 1. The molecule has 2 aromatic rings. The van der Waals surface area contributed by atoms with E-state index in [1.807, 2.05) is 25.1 Å². The van der Waals surface area contributed by atoms with Crippen molar-refractivity contribution in [2.75, 3.05) is 25.5 Å². The molecule has 1 aromatic carbocycles. The molecule has 1 aliphatic heterocycles. The van der Waals surface area contributed by atoms with Gasteiger partial charge in [0.1, 0.15) is 17.3 Å². The summed E-state index contributed by atoms with van der Waals surface area (Å²) in [6.07, 6.45) is 4.81. The van der Waals surface area contributed by atoms with Gasteiger partial charge in [0.15, 0.2) is 0 Å². The van der Waals surface area contributed by atoms with Crippen LogP contribution in [0.5, 0.6) is 5.75 Å². The number of aryl methyl sites for hydroxylation is 2. The molecule has 1 aliphatic rings. The van der Waals surface area contributed by atoms with Crippen LogP contribution >= 0.6 is 0 Å². The van der Waals surface area contributed by atoms with Crippen LogP contribution in [0.3, 0.4) is 0 Å². The number of rotatable bonds is 8. The van der Waals surface area contributed by atoms with Gasteiger partial charge in [-0.05, 0) is 74.5 Å². The molecule has 1 amide bonds. The van der Waals surface area contributed by atoms with Gasteiger partial charge < -0.3 is 14.5 Å². The maximum atomic E-state index is 12.4. The van der Waals surface area contributed by atoms with Crippen LogP contribution in [0.4, 0.5) is 5.69 Å². The maximum Gasteiger partial charge on any atom is 0.224 e. The van der Waals surface area contributed by atoms with E-state index < -0.39 is 0 Å². The Morgan fingerprint density at radius 3 is 2.82 bits per heavy atom. The molecule has 1 N–H and O–H groups in total. The van der Waals surface area contributed by atoms with Gasteiger partial charge in [0, 0.05) is 25.1 Å². The fraction of sp³-hybridized carbons (Fsp3) is 0.522. The van der Waals surface area contributed by atoms with Gasteiger partial charge in [-0.1, -0.05) is 6.92 Å². The molecule has 0 aliphatic carbocycles. The largest absolute Gasteiger partial charge is 0.497 e. The van der Waals surface area contributed by atoms with E-state index in [0.717, 1.165) is 61.0 Å². The van der Waals surface area contributed by atoms with Gasteiger partial charge in [0.25, 0.3) is 0 Å². The number of ether oxygens (including phenoxy) is 1. The summed E-state index contributed by atoms with van der Waals surface area (Å²) in [5.41, 5.74) is 1.88. The lowest BCUT2D eigenvalue weighted by molar-refractivity contribution is -0.116. The van der Waals surface area contributed by atoms with Crippen molar-refractivity contribution < 1.29 is 13.9 Å². The summed E-state index contributed by atoms with van der Waals surface area (Å²) in [6, 6.07) is 9.88. The van der Waals surface area contributed by atoms with E-state index in [1.54, 1.807) is 7.11 Å². The van der Waals surface area contributed by atoms with Crippen molar-refractivity contribution in [3.63, 3.8) is 0 Å². The van der Waals surface area contributed by atoms with Crippen molar-refractivity contribution in [2.45, 2.75) is 52.5 Å². The summed E-state index contributed by atoms with van der Waals surface area (Å²) < 4.78 is 11.1. The Bertz CT molecular complexity index is 784. The number of carbonyl (C=O) groups is 1. The lowest BCUT2D eigenvalue weighted by Gasteiger charge is -2.32. The molecule has 0 radical (unpaired) electrons. The van der Waals surface area contributed by atoms with Crippen molar-refractivity contribution in [3.8, 4) is 5.75 Å². The van der Waals surface area contributed by atoms with E-state index in [-0.39, 0.29) is 5.91 Å². The van der Waals surface area contributed by atoms with Crippen molar-refractivity contribution in [3.05, 3.63) is 47.4 Å². The van der Waals surface area contributed by atoms with Gasteiger partial charge >= 0.3 is 0 Å². The molecule has 1 aromatic heterocycles. The average Bonchev–Trinajstić information content (AvgIpc) is 3.16. The first kappa shape index (κ1) is 20.5. The number of hydrogen-bond donors (Lipinski definition) is 1. The maximum absolute atomic E-state index is 12.4. The Kier molecular flexibility index (Phi) is 7.15. The van der Waals surface area contributed by atoms with Gasteiger partial charge in [-0.15, -0.1) is 0 Å². The first-order chi connectivity index (χ1) is 13.6. The van der Waals surface area contributed by atoms with Gasteiger partial charge in [-0.2, -0.15) is 0 Å². The van der Waals surface area contributed by atoms with E-state index in [9.17, 15) is 4.79 Å². The predicted octanol–water partition coefficient (Wildman–Crippen LogP) is 4.79. The van der Waals surface area contributed by atoms with E-state index in [0.29, 0.717) is 12.3 Å². The molecule has 152 valence electrons. The molecule has 5 nitrogen and oxygen atoms in total. The summed E-state index contributed by atoms with van der Waals surface area (Å²) in [5, 5.41) is 3.04. The Labute approximate surface area is 168 Å². The van der Waals surface area contributed by atoms with E-state index in [2.05, 4.69) is 29.3 Å². The van der Waals surface area contributed by atoms with Crippen LogP contribution in [0.15, 0.2) is 34.7 Å². The fourth-order valence-electron chi connectivity index (χ4n) is 3.90. The third-order valence-corrected chi connectivity index (χ3v) is 5.54. The quantitative estimate of drug-likeness (QED) is 0.711. The van der Waals surface area contributed by atoms with Crippen LogP contribution in [0.25, 0.3) is 0 Å². The van der Waals surface area contributed by atoms with Crippen LogP contribution in [-0.2, 0) is 17.8 Å². The van der Waals surface area contributed by atoms with Crippen LogP contribution in [0, 0.1) is 12.8 Å². The van der Waals surface area contributed by atoms with Gasteiger partial charge in [0.2, 0.25) is 5.91 Å². The van der Waals surface area contributed by atoms with Crippen molar-refractivity contribution >= 4 is 11.6 Å². The zero-order valence-electron chi connectivity index (χ0n) is 17.3. The van der Waals surface area contributed by atoms with Crippen LogP contribution < -0.4 is 10.1 Å². The fourth-order valence-corrected chi connectivity index (χ4v) is 3.90. The predicted molar refractivity (Wildman–Crippen MR) is 112 cm³/mol. The zero-order valence-corrected chi connectivity index (χ0v) is 17.3. The second kappa shape index (κ2) is 9.78. The molecule has 2 heterocycles. The standard InChI is InChI=1S/C23H32N2O3/c1-4-19-8-9-21(28-19)16-25-13-5-6-18(15-25)7-12-23(26)24-22-11-10-20(27-3)14-17(22)2/h8-11,14,18H,4-7,12-13,15-16H2,1-3H3,(H,24,26). The highest BCUT2D eigenvalue weighted by molar-refractivity contribution is 5.91. The molecule has 1 saturated heterocycles. The van der Waals surface area contributed by atoms with Crippen molar-refractivity contribution in [2.24, 2.45) is 5.92 Å². The number of nitrogens with zero attached hydrogens (tertiary/aromatic N) is 1. The summed E-state index contributed by atoms with van der Waals surface area (Å²) >= 11 is 0. The minimum atomic E-state index is 0.0870. The second-order valence-corrected chi connectivity index (χ2v) is 7.73. The number of anilines is 1. The number of piperidine rings is 1. The molecular weight excluding hydrogens is 352 g/mol. The van der Waals surface area contributed by atoms with Gasteiger partial charge in [-0.3, -0.25) is 9.69 Å². The minimum absolute atomic E-state index is 0.0870. The molecule has 1 unspecified atom stereocenters. The highest BCUT2D eigenvalue weighted by Crippen LogP contribution is 2.24. The molecule has 0 saturated carbocycles. The number of amides is 1. The highest BCUT2D eigenvalue weighted by Gasteiger charge is 2.21. The molecule has 0 spiro atoms. The topological polar surface area (TPSA) is 54.7 Å². The number of furan rings is 1. The monoisotopic (exact) mass is 384 g/mol. The molecule has 0 bridgehead atoms. The van der Waals surface area contributed by atoms with Crippen molar-refractivity contribution in [1.29, 1.82) is 0 Å². The first-order valence-corrected chi connectivity index (χ1v) is 10.3. The number of benzene rings is 1. The second-order valence-electron chi connectivity index (χ2n) is 7.73. The normalized spacial score (nSPS) is 17.5. The number of nitrogens with one attached hydrogen (secondary N) is 1. The Hall–Kier alpha value is -2.27. The van der Waals surface area contributed by atoms with Crippen LogP contribution in [0.2, 0.25) is 0 Å². The number of carbonyl (C=O) groups excluding carboxylic acids is 1. The van der Waals surface area contributed by atoms with E-state index in [1.165, 1.54) is 12.8 Å². The van der Waals surface area contributed by atoms with Gasteiger partial charge in [0.05, 0.1) is 13.7 Å².